The van der Waals surface area contributed by atoms with Gasteiger partial charge in [-0.15, -0.1) is 0 Å². The molecule has 0 N–H and O–H groups in total. The van der Waals surface area contributed by atoms with E-state index in [0.717, 1.165) is 63.6 Å². The van der Waals surface area contributed by atoms with Gasteiger partial charge in [0.2, 0.25) is 0 Å². The third kappa shape index (κ3) is 5.41. The third-order valence-corrected chi connectivity index (χ3v) is 6.91. The Morgan fingerprint density at radius 1 is 0.970 bits per heavy atom. The average Bonchev–Trinajstić information content (AvgIpc) is 3.46. The summed E-state index contributed by atoms with van der Waals surface area (Å²) in [6.45, 7) is 7.09. The number of benzene rings is 2. The maximum absolute atomic E-state index is 13.5. The predicted octanol–water partition coefficient (Wildman–Crippen LogP) is 4.17. The highest BCUT2D eigenvalue weighted by Crippen LogP contribution is 2.23. The first kappa shape index (κ1) is 22.4. The second kappa shape index (κ2) is 10.3. The van der Waals surface area contributed by atoms with Gasteiger partial charge in [0, 0.05) is 44.9 Å². The number of nitrogens with zero attached hydrogens (tertiary/aromatic N) is 5. The van der Waals surface area contributed by atoms with Crippen LogP contribution in [0.2, 0.25) is 0 Å². The van der Waals surface area contributed by atoms with Gasteiger partial charge in [0.25, 0.3) is 0 Å². The second-order valence-corrected chi connectivity index (χ2v) is 9.24. The Bertz CT molecular complexity index is 1100. The zero-order valence-electron chi connectivity index (χ0n) is 18.8. The van der Waals surface area contributed by atoms with Gasteiger partial charge in [0.1, 0.15) is 5.82 Å². The highest BCUT2D eigenvalue weighted by Gasteiger charge is 2.23. The van der Waals surface area contributed by atoms with Gasteiger partial charge < -0.3 is 4.74 Å². The Morgan fingerprint density at radius 2 is 1.70 bits per heavy atom. The fourth-order valence-electron chi connectivity index (χ4n) is 4.62. The SMILES string of the molecule is Fc1ccc(-c2nn(CN3CCN(Cc4ccccc4)CC3)c(=S)n2CC2CCCO2)cc1. The van der Waals surface area contributed by atoms with Crippen LogP contribution >= 0.6 is 12.2 Å². The van der Waals surface area contributed by atoms with Crippen LogP contribution in [0.3, 0.4) is 0 Å². The van der Waals surface area contributed by atoms with Crippen LogP contribution in [0.15, 0.2) is 54.6 Å². The maximum Gasteiger partial charge on any atom is 0.199 e. The predicted molar refractivity (Wildman–Crippen MR) is 129 cm³/mol. The first-order chi connectivity index (χ1) is 16.2. The Morgan fingerprint density at radius 3 is 2.39 bits per heavy atom. The molecule has 8 heteroatoms. The molecule has 33 heavy (non-hydrogen) atoms. The van der Waals surface area contributed by atoms with E-state index in [1.807, 2.05) is 4.68 Å². The molecule has 2 aliphatic heterocycles. The van der Waals surface area contributed by atoms with Gasteiger partial charge in [0.15, 0.2) is 10.6 Å². The largest absolute Gasteiger partial charge is 0.376 e. The molecule has 0 saturated carbocycles. The lowest BCUT2D eigenvalue weighted by Gasteiger charge is -2.34. The minimum atomic E-state index is -0.254. The summed E-state index contributed by atoms with van der Waals surface area (Å²) in [5, 5.41) is 4.87. The second-order valence-electron chi connectivity index (χ2n) is 8.88. The molecular weight excluding hydrogens is 437 g/mol. The van der Waals surface area contributed by atoms with Crippen LogP contribution in [0.4, 0.5) is 4.39 Å². The zero-order chi connectivity index (χ0) is 22.6. The van der Waals surface area contributed by atoms with E-state index in [2.05, 4.69) is 44.7 Å². The molecule has 1 unspecified atom stereocenters. The van der Waals surface area contributed by atoms with Gasteiger partial charge in [-0.25, -0.2) is 9.07 Å². The Kier molecular flexibility index (Phi) is 6.96. The van der Waals surface area contributed by atoms with E-state index >= 15 is 0 Å². The molecule has 5 rings (SSSR count). The molecule has 0 aliphatic carbocycles. The van der Waals surface area contributed by atoms with Crippen molar-refractivity contribution in [2.24, 2.45) is 0 Å². The Balaban J connectivity index is 1.30. The van der Waals surface area contributed by atoms with E-state index in [9.17, 15) is 4.39 Å². The van der Waals surface area contributed by atoms with Crippen LogP contribution < -0.4 is 0 Å². The maximum atomic E-state index is 13.5. The summed E-state index contributed by atoms with van der Waals surface area (Å²) in [4.78, 5) is 4.89. The smallest absolute Gasteiger partial charge is 0.199 e. The summed E-state index contributed by atoms with van der Waals surface area (Å²) >= 11 is 5.85. The molecule has 1 atom stereocenters. The van der Waals surface area contributed by atoms with E-state index in [0.29, 0.717) is 18.0 Å². The summed E-state index contributed by atoms with van der Waals surface area (Å²) in [5.74, 6) is 0.522. The summed E-state index contributed by atoms with van der Waals surface area (Å²) in [6.07, 6.45) is 2.25. The van der Waals surface area contributed by atoms with Gasteiger partial charge >= 0.3 is 0 Å². The summed E-state index contributed by atoms with van der Waals surface area (Å²) < 4.78 is 24.0. The minimum absolute atomic E-state index is 0.148. The quantitative estimate of drug-likeness (QED) is 0.488. The van der Waals surface area contributed by atoms with Crippen LogP contribution in [0.1, 0.15) is 18.4 Å². The lowest BCUT2D eigenvalue weighted by molar-refractivity contribution is 0.0936. The summed E-state index contributed by atoms with van der Waals surface area (Å²) in [7, 11) is 0. The zero-order valence-corrected chi connectivity index (χ0v) is 19.6. The van der Waals surface area contributed by atoms with Crippen molar-refractivity contribution in [2.75, 3.05) is 32.8 Å². The molecule has 0 spiro atoms. The highest BCUT2D eigenvalue weighted by molar-refractivity contribution is 7.71. The Hall–Kier alpha value is -2.39. The molecular formula is C25H30FN5OS. The van der Waals surface area contributed by atoms with Crippen LogP contribution in [0.5, 0.6) is 0 Å². The van der Waals surface area contributed by atoms with Crippen molar-refractivity contribution in [3.05, 3.63) is 70.7 Å². The molecule has 3 aromatic rings. The van der Waals surface area contributed by atoms with Crippen LogP contribution in [0.25, 0.3) is 11.4 Å². The first-order valence-corrected chi connectivity index (χ1v) is 12.1. The van der Waals surface area contributed by atoms with Gasteiger partial charge in [-0.1, -0.05) is 30.3 Å². The van der Waals surface area contributed by atoms with E-state index in [1.54, 1.807) is 12.1 Å². The lowest BCUT2D eigenvalue weighted by Crippen LogP contribution is -2.46. The number of aromatic nitrogens is 3. The topological polar surface area (TPSA) is 38.5 Å². The highest BCUT2D eigenvalue weighted by atomic mass is 32.1. The minimum Gasteiger partial charge on any atom is -0.376 e. The van der Waals surface area contributed by atoms with Crippen molar-refractivity contribution in [1.29, 1.82) is 0 Å². The molecule has 0 radical (unpaired) electrons. The fourth-order valence-corrected chi connectivity index (χ4v) is 4.88. The van der Waals surface area contributed by atoms with Crippen LogP contribution in [-0.4, -0.2) is 63.0 Å². The molecule has 6 nitrogen and oxygen atoms in total. The van der Waals surface area contributed by atoms with Gasteiger partial charge in [-0.3, -0.25) is 14.4 Å². The normalized spacial score (nSPS) is 19.8. The lowest BCUT2D eigenvalue weighted by atomic mass is 10.2. The summed E-state index contributed by atoms with van der Waals surface area (Å²) in [5.41, 5.74) is 2.22. The van der Waals surface area contributed by atoms with Crippen molar-refractivity contribution in [3.63, 3.8) is 0 Å². The van der Waals surface area contributed by atoms with Crippen molar-refractivity contribution < 1.29 is 9.13 Å². The average molecular weight is 468 g/mol. The van der Waals surface area contributed by atoms with Crippen LogP contribution in [-0.2, 0) is 24.5 Å². The number of halogens is 1. The van der Waals surface area contributed by atoms with Crippen molar-refractivity contribution >= 4 is 12.2 Å². The van der Waals surface area contributed by atoms with E-state index in [4.69, 9.17) is 22.1 Å². The molecule has 0 bridgehead atoms. The van der Waals surface area contributed by atoms with Crippen molar-refractivity contribution in [3.8, 4) is 11.4 Å². The summed E-state index contributed by atoms with van der Waals surface area (Å²) in [6, 6.07) is 17.1. The number of hydrogen-bond donors (Lipinski definition) is 0. The molecule has 2 fully saturated rings. The van der Waals surface area contributed by atoms with Crippen LogP contribution in [0, 0.1) is 10.6 Å². The third-order valence-electron chi connectivity index (χ3n) is 6.48. The molecule has 0 amide bonds. The monoisotopic (exact) mass is 467 g/mol. The van der Waals surface area contributed by atoms with E-state index < -0.39 is 0 Å². The van der Waals surface area contributed by atoms with Crippen molar-refractivity contribution in [1.82, 2.24) is 24.1 Å². The van der Waals surface area contributed by atoms with E-state index in [-0.39, 0.29) is 11.9 Å². The first-order valence-electron chi connectivity index (χ1n) is 11.7. The number of rotatable bonds is 7. The molecule has 2 saturated heterocycles. The van der Waals surface area contributed by atoms with Gasteiger partial charge in [0.05, 0.1) is 19.3 Å². The molecule has 1 aromatic heterocycles. The standard InChI is InChI=1S/C25H30FN5OS/c26-22-10-8-21(9-11-22)24-27-31(25(33)30(24)18-23-7-4-16-32-23)19-29-14-12-28(13-15-29)17-20-5-2-1-3-6-20/h1-3,5-6,8-11,23H,4,7,12-19H2. The fraction of sp³-hybridized carbons (Fsp3) is 0.440. The van der Waals surface area contributed by atoms with Crippen molar-refractivity contribution in [2.45, 2.75) is 38.7 Å². The number of ether oxygens (including phenoxy) is 1. The molecule has 174 valence electrons. The van der Waals surface area contributed by atoms with Gasteiger partial charge in [-0.2, -0.15) is 5.10 Å². The Labute approximate surface area is 199 Å². The molecule has 3 heterocycles. The molecule has 2 aliphatic rings. The van der Waals surface area contributed by atoms with Gasteiger partial charge in [-0.05, 0) is 54.9 Å². The number of hydrogen-bond acceptors (Lipinski definition) is 5. The van der Waals surface area contributed by atoms with E-state index in [1.165, 1.54) is 17.7 Å². The number of piperazine rings is 1. The molecule has 2 aromatic carbocycles.